The molecule has 0 spiro atoms. The summed E-state index contributed by atoms with van der Waals surface area (Å²) >= 11 is 0. The Morgan fingerprint density at radius 1 is 1.18 bits per heavy atom. The molecule has 0 saturated carbocycles. The van der Waals surface area contributed by atoms with Gasteiger partial charge in [-0.25, -0.2) is 19.4 Å². The number of nitrogens with zero attached hydrogens (tertiary/aromatic N) is 4. The van der Waals surface area contributed by atoms with Crippen molar-refractivity contribution in [1.82, 2.24) is 15.1 Å². The second kappa shape index (κ2) is 8.34. The molecule has 8 nitrogen and oxygen atoms in total. The first-order chi connectivity index (χ1) is 15.6. The van der Waals surface area contributed by atoms with Crippen LogP contribution in [-0.2, 0) is 10.3 Å². The van der Waals surface area contributed by atoms with Gasteiger partial charge in [-0.1, -0.05) is 5.16 Å². The van der Waals surface area contributed by atoms with Crippen molar-refractivity contribution >= 4 is 6.02 Å². The number of ether oxygens (including phenoxy) is 2. The standard InChI is InChI=1S/C21H19F4N5O3/c1-3-31-18-10-27-15(9-28-18)14-7-16(33-30-14)11-4-5-13(22)12(6-11)20(2)8-17(21(23,24)25)32-19(26)29-20/h4-7,9-10,17H,3,8H2,1-2H3,(H2,26,29)/t17-,20?/m0/s1. The van der Waals surface area contributed by atoms with Crippen LogP contribution in [0.5, 0.6) is 5.88 Å². The van der Waals surface area contributed by atoms with Gasteiger partial charge in [-0.3, -0.25) is 0 Å². The van der Waals surface area contributed by atoms with Crippen molar-refractivity contribution in [3.8, 4) is 28.6 Å². The number of benzene rings is 1. The fourth-order valence-electron chi connectivity index (χ4n) is 3.51. The highest BCUT2D eigenvalue weighted by Crippen LogP contribution is 2.42. The summed E-state index contributed by atoms with van der Waals surface area (Å²) in [6, 6.07) is 4.80. The maximum atomic E-state index is 14.7. The van der Waals surface area contributed by atoms with Crippen LogP contribution in [0.4, 0.5) is 17.6 Å². The third-order valence-electron chi connectivity index (χ3n) is 5.09. The highest BCUT2D eigenvalue weighted by Gasteiger charge is 2.50. The number of nitrogens with two attached hydrogens (primary N) is 1. The van der Waals surface area contributed by atoms with Crippen LogP contribution in [0.2, 0.25) is 0 Å². The molecule has 0 saturated heterocycles. The van der Waals surface area contributed by atoms with Gasteiger partial charge in [0.1, 0.15) is 17.2 Å². The van der Waals surface area contributed by atoms with Crippen LogP contribution in [-0.4, -0.2) is 40.0 Å². The van der Waals surface area contributed by atoms with Crippen molar-refractivity contribution < 1.29 is 31.6 Å². The summed E-state index contributed by atoms with van der Waals surface area (Å²) < 4.78 is 69.8. The minimum Gasteiger partial charge on any atom is -0.477 e. The topological polar surface area (TPSA) is 109 Å². The zero-order valence-corrected chi connectivity index (χ0v) is 17.6. The van der Waals surface area contributed by atoms with E-state index in [0.717, 1.165) is 6.07 Å². The second-order valence-corrected chi connectivity index (χ2v) is 7.52. The smallest absolute Gasteiger partial charge is 0.425 e. The van der Waals surface area contributed by atoms with Gasteiger partial charge in [0.25, 0.3) is 6.02 Å². The van der Waals surface area contributed by atoms with E-state index in [0.29, 0.717) is 29.4 Å². The molecule has 12 heteroatoms. The lowest BCUT2D eigenvalue weighted by molar-refractivity contribution is -0.208. The number of aliphatic imine (C=N–C) groups is 1. The summed E-state index contributed by atoms with van der Waals surface area (Å²) in [5, 5.41) is 3.95. The van der Waals surface area contributed by atoms with E-state index >= 15 is 0 Å². The summed E-state index contributed by atoms with van der Waals surface area (Å²) in [6.45, 7) is 3.63. The van der Waals surface area contributed by atoms with Crippen molar-refractivity contribution in [3.05, 3.63) is 48.0 Å². The van der Waals surface area contributed by atoms with Crippen molar-refractivity contribution in [3.63, 3.8) is 0 Å². The second-order valence-electron chi connectivity index (χ2n) is 7.52. The molecule has 1 aliphatic rings. The minimum absolute atomic E-state index is 0.0840. The minimum atomic E-state index is -4.69. The molecule has 2 N–H and O–H groups in total. The molecule has 3 aromatic rings. The predicted molar refractivity (Wildman–Crippen MR) is 109 cm³/mol. The number of hydrogen-bond acceptors (Lipinski definition) is 8. The molecule has 1 unspecified atom stereocenters. The van der Waals surface area contributed by atoms with Crippen molar-refractivity contribution in [1.29, 1.82) is 0 Å². The van der Waals surface area contributed by atoms with Crippen LogP contribution in [0.15, 0.2) is 46.2 Å². The Balaban J connectivity index is 1.66. The largest absolute Gasteiger partial charge is 0.477 e. The van der Waals surface area contributed by atoms with Crippen molar-refractivity contribution in [2.24, 2.45) is 10.7 Å². The SMILES string of the molecule is CCOc1cnc(-c2cc(-c3ccc(F)c(C4(C)C[C@@H](C(F)(F)F)OC(N)=N4)c3)on2)cn1. The molecule has 0 bridgehead atoms. The van der Waals surface area contributed by atoms with Crippen LogP contribution in [0.3, 0.4) is 0 Å². The normalized spacial score (nSPS) is 20.8. The Bertz CT molecular complexity index is 1180. The molecule has 174 valence electrons. The Hall–Kier alpha value is -3.70. The van der Waals surface area contributed by atoms with E-state index in [1.807, 2.05) is 6.92 Å². The summed E-state index contributed by atoms with van der Waals surface area (Å²) in [4.78, 5) is 12.3. The lowest BCUT2D eigenvalue weighted by Crippen LogP contribution is -2.46. The fraction of sp³-hybridized carbons (Fsp3) is 0.333. The van der Waals surface area contributed by atoms with E-state index in [1.165, 1.54) is 31.5 Å². The number of amidine groups is 1. The van der Waals surface area contributed by atoms with Gasteiger partial charge in [0.05, 0.1) is 24.5 Å². The number of halogens is 4. The number of alkyl halides is 3. The quantitative estimate of drug-likeness (QED) is 0.562. The predicted octanol–water partition coefficient (Wildman–Crippen LogP) is 4.22. The molecule has 0 fully saturated rings. The van der Waals surface area contributed by atoms with Gasteiger partial charge in [-0.2, -0.15) is 13.2 Å². The summed E-state index contributed by atoms with van der Waals surface area (Å²) in [5.41, 5.74) is 4.96. The number of aromatic nitrogens is 3. The van der Waals surface area contributed by atoms with E-state index in [-0.39, 0.29) is 11.3 Å². The van der Waals surface area contributed by atoms with E-state index in [4.69, 9.17) is 15.0 Å². The van der Waals surface area contributed by atoms with E-state index in [2.05, 4.69) is 24.9 Å². The molecule has 1 aliphatic heterocycles. The Morgan fingerprint density at radius 3 is 2.64 bits per heavy atom. The third-order valence-corrected chi connectivity index (χ3v) is 5.09. The molecule has 3 heterocycles. The Morgan fingerprint density at radius 2 is 1.97 bits per heavy atom. The first-order valence-electron chi connectivity index (χ1n) is 9.90. The molecule has 0 amide bonds. The molecular weight excluding hydrogens is 446 g/mol. The fourth-order valence-corrected chi connectivity index (χ4v) is 3.51. The van der Waals surface area contributed by atoms with Crippen LogP contribution in [0.1, 0.15) is 25.8 Å². The zero-order valence-electron chi connectivity index (χ0n) is 17.6. The van der Waals surface area contributed by atoms with Crippen LogP contribution >= 0.6 is 0 Å². The van der Waals surface area contributed by atoms with E-state index < -0.39 is 36.1 Å². The molecule has 0 radical (unpaired) electrons. The Labute approximate surface area is 185 Å². The zero-order chi connectivity index (χ0) is 23.8. The third kappa shape index (κ3) is 4.59. The first-order valence-corrected chi connectivity index (χ1v) is 9.90. The van der Waals surface area contributed by atoms with Gasteiger partial charge in [-0.15, -0.1) is 0 Å². The van der Waals surface area contributed by atoms with Crippen molar-refractivity contribution in [2.45, 2.75) is 38.1 Å². The monoisotopic (exact) mass is 465 g/mol. The van der Waals surface area contributed by atoms with Gasteiger partial charge in [0.2, 0.25) is 5.88 Å². The van der Waals surface area contributed by atoms with Gasteiger partial charge in [-0.05, 0) is 32.0 Å². The summed E-state index contributed by atoms with van der Waals surface area (Å²) in [7, 11) is 0. The van der Waals surface area contributed by atoms with Gasteiger partial charge < -0.3 is 19.7 Å². The van der Waals surface area contributed by atoms with Crippen LogP contribution in [0, 0.1) is 5.82 Å². The van der Waals surface area contributed by atoms with Crippen LogP contribution < -0.4 is 10.5 Å². The first kappa shape index (κ1) is 22.5. The number of hydrogen-bond donors (Lipinski definition) is 1. The molecule has 2 atom stereocenters. The van der Waals surface area contributed by atoms with Gasteiger partial charge in [0.15, 0.2) is 11.9 Å². The molecule has 33 heavy (non-hydrogen) atoms. The average molecular weight is 465 g/mol. The maximum absolute atomic E-state index is 14.7. The molecule has 1 aromatic carbocycles. The van der Waals surface area contributed by atoms with Gasteiger partial charge in [0, 0.05) is 23.6 Å². The lowest BCUT2D eigenvalue weighted by Gasteiger charge is -2.36. The molecule has 0 aliphatic carbocycles. The van der Waals surface area contributed by atoms with Crippen molar-refractivity contribution in [2.75, 3.05) is 6.61 Å². The highest BCUT2D eigenvalue weighted by molar-refractivity contribution is 5.73. The van der Waals surface area contributed by atoms with E-state index in [9.17, 15) is 17.6 Å². The summed E-state index contributed by atoms with van der Waals surface area (Å²) in [6.07, 6.45) is -4.64. The lowest BCUT2D eigenvalue weighted by atomic mass is 9.84. The van der Waals surface area contributed by atoms with Gasteiger partial charge >= 0.3 is 6.18 Å². The Kier molecular flexibility index (Phi) is 5.68. The maximum Gasteiger partial charge on any atom is 0.425 e. The molecule has 2 aromatic heterocycles. The summed E-state index contributed by atoms with van der Waals surface area (Å²) in [5.74, 6) is -0.130. The average Bonchev–Trinajstić information content (AvgIpc) is 3.24. The number of rotatable bonds is 5. The van der Waals surface area contributed by atoms with Crippen LogP contribution in [0.25, 0.3) is 22.7 Å². The molecular formula is C21H19F4N5O3. The molecule has 4 rings (SSSR count). The highest BCUT2D eigenvalue weighted by atomic mass is 19.4. The van der Waals surface area contributed by atoms with E-state index in [1.54, 1.807) is 6.07 Å².